The number of nitrogens with zero attached hydrogens (tertiary/aromatic N) is 1. The minimum absolute atomic E-state index is 0.0776. The minimum atomic E-state index is -1.24. The summed E-state index contributed by atoms with van der Waals surface area (Å²) >= 11 is 0. The number of benzene rings is 1. The Morgan fingerprint density at radius 3 is 2.33 bits per heavy atom. The number of carbonyl (C=O) groups is 3. The molecule has 1 rings (SSSR count). The maximum Gasteiger partial charge on any atom is 0.331 e. The van der Waals surface area contributed by atoms with Gasteiger partial charge in [-0.3, -0.25) is 10.1 Å². The molecule has 0 aliphatic carbocycles. The molecule has 1 aromatic carbocycles. The Morgan fingerprint density at radius 1 is 1.14 bits per heavy atom. The molecular weight excluding hydrogens is 274 g/mol. The number of para-hydroxylation sites is 1. The highest BCUT2D eigenvalue weighted by molar-refractivity contribution is 6.10. The molecule has 0 heterocycles. The van der Waals surface area contributed by atoms with Crippen LogP contribution in [-0.2, 0) is 9.59 Å². The van der Waals surface area contributed by atoms with Crippen molar-refractivity contribution in [1.29, 1.82) is 5.26 Å². The van der Waals surface area contributed by atoms with Crippen molar-refractivity contribution in [2.45, 2.75) is 13.8 Å². The van der Waals surface area contributed by atoms with Crippen molar-refractivity contribution in [3.63, 3.8) is 0 Å². The molecule has 0 saturated carbocycles. The molecule has 1 aromatic rings. The van der Waals surface area contributed by atoms with Gasteiger partial charge in [-0.05, 0) is 26.0 Å². The predicted octanol–water partition coefficient (Wildman–Crippen LogP) is 1.63. The van der Waals surface area contributed by atoms with Crippen LogP contribution in [0.4, 0.5) is 10.5 Å². The second-order valence-corrected chi connectivity index (χ2v) is 4.12. The van der Waals surface area contributed by atoms with Gasteiger partial charge in [0.2, 0.25) is 0 Å². The van der Waals surface area contributed by atoms with E-state index < -0.39 is 17.9 Å². The minimum Gasteiger partial charge on any atom is -0.478 e. The maximum atomic E-state index is 11.7. The molecule has 21 heavy (non-hydrogen) atoms. The number of carboxylic acid groups (broad SMARTS) is 1. The second kappa shape index (κ2) is 6.86. The lowest BCUT2D eigenvalue weighted by Gasteiger charge is -2.08. The highest BCUT2D eigenvalue weighted by Gasteiger charge is 2.15. The van der Waals surface area contributed by atoms with Crippen LogP contribution in [0, 0.1) is 11.3 Å². The molecule has 3 N–H and O–H groups in total. The fraction of sp³-hybridized carbons (Fsp3) is 0.143. The van der Waals surface area contributed by atoms with E-state index >= 15 is 0 Å². The standard InChI is InChI=1S/C14H13N3O4/c1-8(9(2)13(19)20)12(18)17-14(21)16-11-6-4-3-5-10(11)7-15/h3-6H,1-2H3,(H,19,20)(H2,16,17,18,21). The number of hydrogen-bond acceptors (Lipinski definition) is 4. The number of nitrogens with one attached hydrogen (secondary N) is 2. The Kier molecular flexibility index (Phi) is 5.20. The van der Waals surface area contributed by atoms with Gasteiger partial charge in [0.15, 0.2) is 0 Å². The summed E-state index contributed by atoms with van der Waals surface area (Å²) in [6.45, 7) is 2.56. The summed E-state index contributed by atoms with van der Waals surface area (Å²) in [7, 11) is 0. The highest BCUT2D eigenvalue weighted by atomic mass is 16.4. The van der Waals surface area contributed by atoms with E-state index in [2.05, 4.69) is 5.32 Å². The Bertz CT molecular complexity index is 671. The molecule has 108 valence electrons. The van der Waals surface area contributed by atoms with Gasteiger partial charge in [-0.25, -0.2) is 9.59 Å². The van der Waals surface area contributed by atoms with Crippen LogP contribution in [0.5, 0.6) is 0 Å². The molecule has 7 heteroatoms. The lowest BCUT2D eigenvalue weighted by Crippen LogP contribution is -2.35. The first-order chi connectivity index (χ1) is 9.86. The van der Waals surface area contributed by atoms with Gasteiger partial charge in [0.05, 0.1) is 11.3 Å². The number of amides is 3. The largest absolute Gasteiger partial charge is 0.478 e. The van der Waals surface area contributed by atoms with Crippen LogP contribution in [0.15, 0.2) is 35.4 Å². The normalized spacial score (nSPS) is 10.9. The summed E-state index contributed by atoms with van der Waals surface area (Å²) in [5, 5.41) is 22.0. The van der Waals surface area contributed by atoms with Gasteiger partial charge in [0.1, 0.15) is 6.07 Å². The van der Waals surface area contributed by atoms with Crippen molar-refractivity contribution in [2.75, 3.05) is 5.32 Å². The Hall–Kier alpha value is -3.14. The first-order valence-electron chi connectivity index (χ1n) is 5.89. The van der Waals surface area contributed by atoms with E-state index in [1.165, 1.54) is 26.0 Å². The van der Waals surface area contributed by atoms with Crippen LogP contribution in [0.2, 0.25) is 0 Å². The van der Waals surface area contributed by atoms with Gasteiger partial charge in [-0.1, -0.05) is 12.1 Å². The maximum absolute atomic E-state index is 11.7. The molecular formula is C14H13N3O4. The Morgan fingerprint density at radius 2 is 1.76 bits per heavy atom. The molecule has 0 spiro atoms. The Labute approximate surface area is 120 Å². The number of nitriles is 1. The number of carbonyl (C=O) groups excluding carboxylic acids is 2. The predicted molar refractivity (Wildman–Crippen MR) is 74.3 cm³/mol. The molecule has 0 saturated heterocycles. The van der Waals surface area contributed by atoms with Gasteiger partial charge < -0.3 is 10.4 Å². The summed E-state index contributed by atoms with van der Waals surface area (Å²) in [4.78, 5) is 34.1. The fourth-order valence-corrected chi connectivity index (χ4v) is 1.37. The lowest BCUT2D eigenvalue weighted by molar-refractivity contribution is -0.133. The van der Waals surface area contributed by atoms with E-state index in [4.69, 9.17) is 10.4 Å². The van der Waals surface area contributed by atoms with Gasteiger partial charge in [-0.2, -0.15) is 5.26 Å². The third-order valence-electron chi connectivity index (χ3n) is 2.75. The van der Waals surface area contributed by atoms with Crippen molar-refractivity contribution in [2.24, 2.45) is 0 Å². The molecule has 0 atom stereocenters. The zero-order valence-corrected chi connectivity index (χ0v) is 11.4. The van der Waals surface area contributed by atoms with Gasteiger partial charge >= 0.3 is 12.0 Å². The van der Waals surface area contributed by atoms with E-state index in [1.807, 2.05) is 11.4 Å². The van der Waals surface area contributed by atoms with Crippen LogP contribution in [0.1, 0.15) is 19.4 Å². The number of rotatable bonds is 3. The molecule has 0 radical (unpaired) electrons. The third kappa shape index (κ3) is 4.18. The van der Waals surface area contributed by atoms with Crippen LogP contribution in [-0.4, -0.2) is 23.0 Å². The summed E-state index contributed by atoms with van der Waals surface area (Å²) in [6, 6.07) is 7.33. The van der Waals surface area contributed by atoms with E-state index in [-0.39, 0.29) is 22.4 Å². The number of imide groups is 1. The number of aliphatic carboxylic acids is 1. The van der Waals surface area contributed by atoms with Crippen molar-refractivity contribution in [3.05, 3.63) is 41.0 Å². The monoisotopic (exact) mass is 287 g/mol. The van der Waals surface area contributed by atoms with Crippen molar-refractivity contribution < 1.29 is 19.5 Å². The Balaban J connectivity index is 2.80. The summed E-state index contributed by atoms with van der Waals surface area (Å²) in [5.41, 5.74) is 0.264. The zero-order valence-electron chi connectivity index (χ0n) is 11.4. The average Bonchev–Trinajstić information content (AvgIpc) is 2.45. The van der Waals surface area contributed by atoms with Crippen LogP contribution < -0.4 is 10.6 Å². The summed E-state index contributed by atoms with van der Waals surface area (Å²) in [5.74, 6) is -2.06. The van der Waals surface area contributed by atoms with Gasteiger partial charge in [-0.15, -0.1) is 0 Å². The molecule has 0 aromatic heterocycles. The van der Waals surface area contributed by atoms with Crippen LogP contribution in [0.3, 0.4) is 0 Å². The first-order valence-corrected chi connectivity index (χ1v) is 5.89. The van der Waals surface area contributed by atoms with E-state index in [9.17, 15) is 14.4 Å². The molecule has 0 fully saturated rings. The third-order valence-corrected chi connectivity index (χ3v) is 2.75. The second-order valence-electron chi connectivity index (χ2n) is 4.12. The van der Waals surface area contributed by atoms with Crippen molar-refractivity contribution in [1.82, 2.24) is 5.32 Å². The number of urea groups is 1. The fourth-order valence-electron chi connectivity index (χ4n) is 1.37. The van der Waals surface area contributed by atoms with Gasteiger partial charge in [0, 0.05) is 11.1 Å². The first kappa shape index (κ1) is 15.9. The van der Waals surface area contributed by atoms with Crippen LogP contribution in [0.25, 0.3) is 0 Å². The zero-order chi connectivity index (χ0) is 16.0. The van der Waals surface area contributed by atoms with E-state index in [0.29, 0.717) is 0 Å². The average molecular weight is 287 g/mol. The van der Waals surface area contributed by atoms with E-state index in [0.717, 1.165) is 0 Å². The number of carboxylic acids is 1. The lowest BCUT2D eigenvalue weighted by atomic mass is 10.1. The van der Waals surface area contributed by atoms with E-state index in [1.54, 1.807) is 12.1 Å². The van der Waals surface area contributed by atoms with Crippen molar-refractivity contribution in [3.8, 4) is 6.07 Å². The smallest absolute Gasteiger partial charge is 0.331 e. The molecule has 3 amide bonds. The molecule has 0 aliphatic rings. The molecule has 0 aliphatic heterocycles. The summed E-state index contributed by atoms with van der Waals surface area (Å²) in [6.07, 6.45) is 0. The van der Waals surface area contributed by atoms with Crippen molar-refractivity contribution >= 4 is 23.6 Å². The molecule has 0 bridgehead atoms. The quantitative estimate of drug-likeness (QED) is 0.730. The summed E-state index contributed by atoms with van der Waals surface area (Å²) < 4.78 is 0. The molecule has 7 nitrogen and oxygen atoms in total. The highest BCUT2D eigenvalue weighted by Crippen LogP contribution is 2.13. The number of anilines is 1. The molecule has 0 unspecified atom stereocenters. The van der Waals surface area contributed by atoms with Gasteiger partial charge in [0.25, 0.3) is 5.91 Å². The van der Waals surface area contributed by atoms with Crippen LogP contribution >= 0.6 is 0 Å². The number of hydrogen-bond donors (Lipinski definition) is 3. The topological polar surface area (TPSA) is 119 Å². The SMILES string of the molecule is CC(C(=O)O)=C(C)C(=O)NC(=O)Nc1ccccc1C#N.